The number of nitrogens with two attached hydrogens (primary N) is 1. The van der Waals surface area contributed by atoms with Crippen molar-refractivity contribution in [1.29, 1.82) is 0 Å². The predicted molar refractivity (Wildman–Crippen MR) is 112 cm³/mol. The van der Waals surface area contributed by atoms with E-state index in [1.807, 2.05) is 0 Å². The van der Waals surface area contributed by atoms with E-state index < -0.39 is 29.0 Å². The molecular weight excluding hydrogens is 426 g/mol. The van der Waals surface area contributed by atoms with E-state index in [-0.39, 0.29) is 23.0 Å². The van der Waals surface area contributed by atoms with Crippen LogP contribution in [0, 0.1) is 0 Å². The van der Waals surface area contributed by atoms with Gasteiger partial charge in [-0.25, -0.2) is 14.6 Å². The van der Waals surface area contributed by atoms with Crippen LogP contribution in [0.5, 0.6) is 11.5 Å². The molecule has 1 aromatic carbocycles. The molecule has 0 amide bonds. The molecule has 1 aromatic heterocycles. The average Bonchev–Trinajstić information content (AvgIpc) is 3.18. The van der Waals surface area contributed by atoms with Crippen molar-refractivity contribution in [2.24, 2.45) is 5.16 Å². The molecule has 2 heterocycles. The van der Waals surface area contributed by atoms with Crippen molar-refractivity contribution in [1.82, 2.24) is 4.98 Å². The van der Waals surface area contributed by atoms with E-state index in [9.17, 15) is 14.7 Å². The number of thiazole rings is 1. The first-order valence-corrected chi connectivity index (χ1v) is 10.2. The third-order valence-electron chi connectivity index (χ3n) is 3.88. The molecule has 10 nitrogen and oxygen atoms in total. The molecule has 1 aliphatic heterocycles. The first-order valence-electron chi connectivity index (χ1n) is 9.28. The first kappa shape index (κ1) is 22.3. The minimum absolute atomic E-state index is 0.0707. The van der Waals surface area contributed by atoms with Crippen LogP contribution in [0.4, 0.5) is 5.13 Å². The van der Waals surface area contributed by atoms with E-state index in [0.29, 0.717) is 17.1 Å². The van der Waals surface area contributed by atoms with Gasteiger partial charge in [-0.3, -0.25) is 0 Å². The fourth-order valence-corrected chi connectivity index (χ4v) is 3.30. The number of carbonyl (C=O) groups excluding carboxylic acids is 1. The zero-order valence-corrected chi connectivity index (χ0v) is 18.5. The zero-order chi connectivity index (χ0) is 23.0. The Hall–Kier alpha value is -3.34. The number of hydrogen-bond donors (Lipinski definition) is 2. The number of carbonyl (C=O) groups is 2. The van der Waals surface area contributed by atoms with Crippen LogP contribution in [0.1, 0.15) is 56.2 Å². The van der Waals surface area contributed by atoms with Crippen molar-refractivity contribution >= 4 is 34.1 Å². The summed E-state index contributed by atoms with van der Waals surface area (Å²) >= 11 is 1.08. The number of rotatable bonds is 6. The first-order chi connectivity index (χ1) is 14.4. The Balaban J connectivity index is 1.94. The minimum Gasteiger partial charge on any atom is -0.476 e. The third-order valence-corrected chi connectivity index (χ3v) is 4.55. The lowest BCUT2D eigenvalue weighted by molar-refractivity contribution is -0.129. The highest BCUT2D eigenvalue weighted by atomic mass is 32.1. The number of carboxylic acids is 1. The number of nitrogens with zero attached hydrogens (tertiary/aromatic N) is 2. The summed E-state index contributed by atoms with van der Waals surface area (Å²) < 4.78 is 17.0. The van der Waals surface area contributed by atoms with Gasteiger partial charge in [0.15, 0.2) is 16.6 Å². The summed E-state index contributed by atoms with van der Waals surface area (Å²) in [5.74, 6) is -2.14. The number of benzene rings is 1. The molecule has 0 bridgehead atoms. The molecule has 0 aliphatic carbocycles. The lowest BCUT2D eigenvalue weighted by atomic mass is 10.1. The molecule has 0 radical (unpaired) electrons. The summed E-state index contributed by atoms with van der Waals surface area (Å²) in [5.41, 5.74) is 5.01. The molecule has 166 valence electrons. The van der Waals surface area contributed by atoms with E-state index in [1.165, 1.54) is 5.38 Å². The minimum atomic E-state index is -1.34. The van der Waals surface area contributed by atoms with Crippen LogP contribution >= 0.6 is 11.3 Å². The van der Waals surface area contributed by atoms with Crippen LogP contribution in [0.3, 0.4) is 0 Å². The van der Waals surface area contributed by atoms with Crippen molar-refractivity contribution in [2.75, 3.05) is 5.73 Å². The normalized spacial score (nSPS) is 14.9. The highest BCUT2D eigenvalue weighted by molar-refractivity contribution is 7.13. The Kier molecular flexibility index (Phi) is 5.81. The van der Waals surface area contributed by atoms with Crippen molar-refractivity contribution in [2.45, 2.75) is 52.6 Å². The second-order valence-electron chi connectivity index (χ2n) is 8.11. The van der Waals surface area contributed by atoms with E-state index in [4.69, 9.17) is 24.8 Å². The van der Waals surface area contributed by atoms with Crippen LogP contribution in [0.15, 0.2) is 22.7 Å². The van der Waals surface area contributed by atoms with Crippen LogP contribution < -0.4 is 15.2 Å². The maximum absolute atomic E-state index is 12.7. The second-order valence-corrected chi connectivity index (χ2v) is 9.00. The molecule has 0 spiro atoms. The standard InChI is InChI=1S/C20H23N3O7S/c1-19(2,3)30-17(26)10-6-7-13-15(29-20(4,5)28-13)11(10)8-27-23-14(16(24)25)12-9-31-18(21)22-12/h6-7,9H,8H2,1-5H3,(H2,21,22)(H,24,25). The smallest absolute Gasteiger partial charge is 0.360 e. The summed E-state index contributed by atoms with van der Waals surface area (Å²) in [6, 6.07) is 3.15. The molecule has 3 N–H and O–H groups in total. The number of anilines is 1. The number of oxime groups is 1. The quantitative estimate of drug-likeness (QED) is 0.386. The molecule has 1 aliphatic rings. The summed E-state index contributed by atoms with van der Waals surface area (Å²) in [4.78, 5) is 33.5. The van der Waals surface area contributed by atoms with Crippen LogP contribution in [0.25, 0.3) is 0 Å². The van der Waals surface area contributed by atoms with Gasteiger partial charge in [0.05, 0.1) is 11.1 Å². The molecule has 0 atom stereocenters. The Morgan fingerprint density at radius 2 is 2.00 bits per heavy atom. The van der Waals surface area contributed by atoms with Crippen molar-refractivity contribution in [3.63, 3.8) is 0 Å². The Morgan fingerprint density at radius 1 is 1.29 bits per heavy atom. The van der Waals surface area contributed by atoms with Gasteiger partial charge < -0.3 is 29.9 Å². The summed E-state index contributed by atoms with van der Waals surface area (Å²) in [6.45, 7) is 8.42. The van der Waals surface area contributed by atoms with Gasteiger partial charge in [-0.05, 0) is 32.9 Å². The van der Waals surface area contributed by atoms with Gasteiger partial charge in [-0.2, -0.15) is 0 Å². The number of fused-ring (bicyclic) bond motifs is 1. The fraction of sp³-hybridized carbons (Fsp3) is 0.400. The van der Waals surface area contributed by atoms with Crippen LogP contribution in [-0.4, -0.2) is 39.1 Å². The highest BCUT2D eigenvalue weighted by Crippen LogP contribution is 2.43. The van der Waals surface area contributed by atoms with Crippen molar-refractivity contribution in [3.05, 3.63) is 34.3 Å². The second kappa shape index (κ2) is 8.06. The number of aromatic nitrogens is 1. The molecule has 3 rings (SSSR count). The number of hydrogen-bond acceptors (Lipinski definition) is 10. The Morgan fingerprint density at radius 3 is 2.58 bits per heavy atom. The van der Waals surface area contributed by atoms with E-state index in [2.05, 4.69) is 10.1 Å². The molecule has 31 heavy (non-hydrogen) atoms. The van der Waals surface area contributed by atoms with Gasteiger partial charge in [-0.1, -0.05) is 5.16 Å². The van der Waals surface area contributed by atoms with Crippen molar-refractivity contribution in [3.8, 4) is 11.5 Å². The summed E-state index contributed by atoms with van der Waals surface area (Å²) in [5, 5.41) is 14.8. The summed E-state index contributed by atoms with van der Waals surface area (Å²) in [7, 11) is 0. The van der Waals surface area contributed by atoms with E-state index >= 15 is 0 Å². The van der Waals surface area contributed by atoms with E-state index in [0.717, 1.165) is 11.3 Å². The molecule has 2 aromatic rings. The average molecular weight is 449 g/mol. The number of esters is 1. The highest BCUT2D eigenvalue weighted by Gasteiger charge is 2.36. The Bertz CT molecular complexity index is 1050. The molecular formula is C20H23N3O7S. The van der Waals surface area contributed by atoms with Crippen LogP contribution in [0.2, 0.25) is 0 Å². The lowest BCUT2D eigenvalue weighted by Gasteiger charge is -2.21. The molecule has 0 unspecified atom stereocenters. The molecule has 0 saturated heterocycles. The maximum atomic E-state index is 12.7. The fourth-order valence-electron chi connectivity index (χ4n) is 2.75. The monoisotopic (exact) mass is 449 g/mol. The van der Waals surface area contributed by atoms with Gasteiger partial charge in [0.25, 0.3) is 0 Å². The maximum Gasteiger partial charge on any atom is 0.360 e. The Labute approximate surface area is 182 Å². The predicted octanol–water partition coefficient (Wildman–Crippen LogP) is 3.19. The van der Waals surface area contributed by atoms with E-state index in [1.54, 1.807) is 46.8 Å². The lowest BCUT2D eigenvalue weighted by Crippen LogP contribution is -2.30. The van der Waals surface area contributed by atoms with Crippen molar-refractivity contribution < 1.29 is 33.7 Å². The third kappa shape index (κ3) is 5.23. The molecule has 0 saturated carbocycles. The van der Waals surface area contributed by atoms with Gasteiger partial charge in [0, 0.05) is 19.2 Å². The SMILES string of the molecule is CC(C)(C)OC(=O)c1ccc2c(c1CON=C(C(=O)O)c1csc(N)n1)OC(C)(C)O2. The zero-order valence-electron chi connectivity index (χ0n) is 17.7. The largest absolute Gasteiger partial charge is 0.476 e. The van der Waals surface area contributed by atoms with Crippen LogP contribution in [-0.2, 0) is 21.0 Å². The van der Waals surface area contributed by atoms with Gasteiger partial charge in [-0.15, -0.1) is 11.3 Å². The molecule has 0 fully saturated rings. The number of aliphatic carboxylic acids is 1. The topological polar surface area (TPSA) is 143 Å². The number of carboxylic acid groups (broad SMARTS) is 1. The number of ether oxygens (including phenoxy) is 3. The summed E-state index contributed by atoms with van der Waals surface area (Å²) in [6.07, 6.45) is 0. The molecule has 11 heteroatoms. The van der Waals surface area contributed by atoms with Gasteiger partial charge >= 0.3 is 11.9 Å². The van der Waals surface area contributed by atoms with Gasteiger partial charge in [0.2, 0.25) is 11.5 Å². The van der Waals surface area contributed by atoms with Gasteiger partial charge in [0.1, 0.15) is 17.9 Å². The number of nitrogen functional groups attached to an aromatic ring is 1.